The number of hydrogen-bond acceptors (Lipinski definition) is 2. The highest BCUT2D eigenvalue weighted by atomic mass is 35.5. The van der Waals surface area contributed by atoms with Gasteiger partial charge in [0.15, 0.2) is 0 Å². The molecular formula is C14H19ClN2O. The number of benzene rings is 1. The van der Waals surface area contributed by atoms with Crippen molar-refractivity contribution in [2.75, 3.05) is 13.7 Å². The number of ether oxygens (including phenoxy) is 1. The third-order valence-corrected chi connectivity index (χ3v) is 3.55. The molecule has 0 saturated heterocycles. The molecule has 0 saturated carbocycles. The number of fused-ring (bicyclic) bond motifs is 1. The van der Waals surface area contributed by atoms with E-state index >= 15 is 0 Å². The Bertz CT molecular complexity index is 536. The molecule has 0 radical (unpaired) electrons. The molecule has 1 heterocycles. The smallest absolute Gasteiger partial charge is 0.125 e. The SMILES string of the molecule is CCC(COC)n1c(CCl)nc2c(C)cccc21. The van der Waals surface area contributed by atoms with Gasteiger partial charge in [-0.2, -0.15) is 0 Å². The van der Waals surface area contributed by atoms with E-state index in [0.717, 1.165) is 23.3 Å². The van der Waals surface area contributed by atoms with Crippen molar-refractivity contribution in [3.05, 3.63) is 29.6 Å². The molecule has 0 aliphatic rings. The van der Waals surface area contributed by atoms with Gasteiger partial charge in [-0.05, 0) is 25.0 Å². The molecule has 0 amide bonds. The second-order valence-corrected chi connectivity index (χ2v) is 4.76. The number of nitrogens with zero attached hydrogens (tertiary/aromatic N) is 2. The molecule has 1 aromatic heterocycles. The molecule has 0 fully saturated rings. The van der Waals surface area contributed by atoms with Gasteiger partial charge in [-0.15, -0.1) is 11.6 Å². The van der Waals surface area contributed by atoms with E-state index in [1.807, 2.05) is 0 Å². The molecule has 0 spiro atoms. The highest BCUT2D eigenvalue weighted by Gasteiger charge is 2.18. The first kappa shape index (κ1) is 13.4. The van der Waals surface area contributed by atoms with Crippen molar-refractivity contribution in [3.8, 4) is 0 Å². The molecule has 18 heavy (non-hydrogen) atoms. The second kappa shape index (κ2) is 5.72. The summed E-state index contributed by atoms with van der Waals surface area (Å²) in [4.78, 5) is 4.66. The van der Waals surface area contributed by atoms with Gasteiger partial charge in [-0.25, -0.2) is 4.98 Å². The Morgan fingerprint density at radius 2 is 2.22 bits per heavy atom. The standard InChI is InChI=1S/C14H19ClN2O/c1-4-11(9-18-3)17-12-7-5-6-10(2)14(12)16-13(17)8-15/h5-7,11H,4,8-9H2,1-3H3. The Morgan fingerprint density at radius 3 is 2.83 bits per heavy atom. The summed E-state index contributed by atoms with van der Waals surface area (Å²) in [6.45, 7) is 4.91. The Kier molecular flexibility index (Phi) is 4.25. The Balaban J connectivity index is 2.62. The molecule has 0 N–H and O–H groups in total. The van der Waals surface area contributed by atoms with Crippen molar-refractivity contribution < 1.29 is 4.74 Å². The number of imidazole rings is 1. The van der Waals surface area contributed by atoms with E-state index in [1.54, 1.807) is 7.11 Å². The maximum Gasteiger partial charge on any atom is 0.125 e. The summed E-state index contributed by atoms with van der Waals surface area (Å²) >= 11 is 6.03. The van der Waals surface area contributed by atoms with Crippen molar-refractivity contribution in [2.24, 2.45) is 0 Å². The topological polar surface area (TPSA) is 27.1 Å². The second-order valence-electron chi connectivity index (χ2n) is 4.49. The monoisotopic (exact) mass is 266 g/mol. The van der Waals surface area contributed by atoms with Gasteiger partial charge in [0.05, 0.1) is 29.6 Å². The van der Waals surface area contributed by atoms with Crippen LogP contribution in [-0.2, 0) is 10.6 Å². The van der Waals surface area contributed by atoms with Crippen LogP contribution < -0.4 is 0 Å². The molecule has 0 bridgehead atoms. The Morgan fingerprint density at radius 1 is 1.44 bits per heavy atom. The first-order valence-corrected chi connectivity index (χ1v) is 6.77. The first-order valence-electron chi connectivity index (χ1n) is 6.24. The third kappa shape index (κ3) is 2.25. The third-order valence-electron chi connectivity index (χ3n) is 3.31. The average Bonchev–Trinajstić information content (AvgIpc) is 2.76. The van der Waals surface area contributed by atoms with Crippen LogP contribution in [0, 0.1) is 6.92 Å². The molecule has 0 aliphatic heterocycles. The highest BCUT2D eigenvalue weighted by Crippen LogP contribution is 2.26. The number of para-hydroxylation sites is 1. The van der Waals surface area contributed by atoms with Gasteiger partial charge in [0.1, 0.15) is 5.82 Å². The quantitative estimate of drug-likeness (QED) is 0.772. The van der Waals surface area contributed by atoms with Crippen molar-refractivity contribution in [3.63, 3.8) is 0 Å². The minimum Gasteiger partial charge on any atom is -0.383 e. The fraction of sp³-hybridized carbons (Fsp3) is 0.500. The minimum atomic E-state index is 0.288. The summed E-state index contributed by atoms with van der Waals surface area (Å²) in [5.74, 6) is 1.35. The molecular weight excluding hydrogens is 248 g/mol. The largest absolute Gasteiger partial charge is 0.383 e. The lowest BCUT2D eigenvalue weighted by Gasteiger charge is -2.19. The molecule has 1 aromatic carbocycles. The summed E-state index contributed by atoms with van der Waals surface area (Å²) in [5.41, 5.74) is 3.38. The molecule has 98 valence electrons. The van der Waals surface area contributed by atoms with E-state index < -0.39 is 0 Å². The normalized spacial score (nSPS) is 13.1. The van der Waals surface area contributed by atoms with Gasteiger partial charge in [0, 0.05) is 7.11 Å². The number of methoxy groups -OCH3 is 1. The summed E-state index contributed by atoms with van der Waals surface area (Å²) in [6.07, 6.45) is 0.997. The molecule has 4 heteroatoms. The highest BCUT2D eigenvalue weighted by molar-refractivity contribution is 6.16. The number of alkyl halides is 1. The van der Waals surface area contributed by atoms with Crippen LogP contribution in [0.2, 0.25) is 0 Å². The van der Waals surface area contributed by atoms with Crippen molar-refractivity contribution >= 4 is 22.6 Å². The molecule has 0 aliphatic carbocycles. The van der Waals surface area contributed by atoms with Crippen LogP contribution in [0.1, 0.15) is 30.8 Å². The lowest BCUT2D eigenvalue weighted by molar-refractivity contribution is 0.154. The van der Waals surface area contributed by atoms with Gasteiger partial charge in [-0.1, -0.05) is 19.1 Å². The van der Waals surface area contributed by atoms with Crippen LogP contribution in [0.4, 0.5) is 0 Å². The van der Waals surface area contributed by atoms with Gasteiger partial charge in [-0.3, -0.25) is 0 Å². The minimum absolute atomic E-state index is 0.288. The maximum atomic E-state index is 6.03. The lowest BCUT2D eigenvalue weighted by atomic mass is 10.2. The first-order chi connectivity index (χ1) is 8.72. The molecule has 1 atom stereocenters. The van der Waals surface area contributed by atoms with E-state index in [0.29, 0.717) is 12.5 Å². The predicted molar refractivity (Wildman–Crippen MR) is 75.2 cm³/mol. The lowest BCUT2D eigenvalue weighted by Crippen LogP contribution is -2.16. The van der Waals surface area contributed by atoms with E-state index in [-0.39, 0.29) is 6.04 Å². The molecule has 2 rings (SSSR count). The number of aromatic nitrogens is 2. The summed E-state index contributed by atoms with van der Waals surface area (Å²) in [7, 11) is 1.73. The number of halogens is 1. The van der Waals surface area contributed by atoms with Crippen LogP contribution in [0.15, 0.2) is 18.2 Å². The van der Waals surface area contributed by atoms with Crippen LogP contribution in [0.3, 0.4) is 0 Å². The summed E-state index contributed by atoms with van der Waals surface area (Å²) < 4.78 is 7.53. The zero-order valence-corrected chi connectivity index (χ0v) is 11.9. The van der Waals surface area contributed by atoms with Crippen molar-refractivity contribution in [1.29, 1.82) is 0 Å². The molecule has 1 unspecified atom stereocenters. The number of rotatable bonds is 5. The van der Waals surface area contributed by atoms with Gasteiger partial charge >= 0.3 is 0 Å². The van der Waals surface area contributed by atoms with Gasteiger partial charge in [0.2, 0.25) is 0 Å². The van der Waals surface area contributed by atoms with Gasteiger partial charge < -0.3 is 9.30 Å². The maximum absolute atomic E-state index is 6.03. The molecule has 3 nitrogen and oxygen atoms in total. The zero-order chi connectivity index (χ0) is 13.1. The van der Waals surface area contributed by atoms with Crippen LogP contribution in [-0.4, -0.2) is 23.3 Å². The number of aryl methyl sites for hydroxylation is 1. The van der Waals surface area contributed by atoms with Crippen molar-refractivity contribution in [2.45, 2.75) is 32.2 Å². The zero-order valence-electron chi connectivity index (χ0n) is 11.1. The fourth-order valence-electron chi connectivity index (χ4n) is 2.37. The van der Waals surface area contributed by atoms with E-state index in [4.69, 9.17) is 16.3 Å². The molecule has 2 aromatic rings. The van der Waals surface area contributed by atoms with Crippen LogP contribution in [0.5, 0.6) is 0 Å². The average molecular weight is 267 g/mol. The number of hydrogen-bond donors (Lipinski definition) is 0. The Labute approximate surface area is 113 Å². The van der Waals surface area contributed by atoms with E-state index in [2.05, 4.69) is 41.6 Å². The van der Waals surface area contributed by atoms with Gasteiger partial charge in [0.25, 0.3) is 0 Å². The van der Waals surface area contributed by atoms with Crippen molar-refractivity contribution in [1.82, 2.24) is 9.55 Å². The summed E-state index contributed by atoms with van der Waals surface area (Å²) in [5, 5.41) is 0. The van der Waals surface area contributed by atoms with E-state index in [9.17, 15) is 0 Å². The Hall–Kier alpha value is -1.06. The fourth-order valence-corrected chi connectivity index (χ4v) is 2.56. The predicted octanol–water partition coefficient (Wildman–Crippen LogP) is 3.68. The van der Waals surface area contributed by atoms with Crippen LogP contribution >= 0.6 is 11.6 Å². The van der Waals surface area contributed by atoms with E-state index in [1.165, 1.54) is 5.56 Å². The van der Waals surface area contributed by atoms with Crippen LogP contribution in [0.25, 0.3) is 11.0 Å². The summed E-state index contributed by atoms with van der Waals surface area (Å²) in [6, 6.07) is 6.53.